The zero-order chi connectivity index (χ0) is 12.7. The Morgan fingerprint density at radius 2 is 1.94 bits per heavy atom. The molecule has 1 N–H and O–H groups in total. The fourth-order valence-corrected chi connectivity index (χ4v) is 3.00. The van der Waals surface area contributed by atoms with Crippen molar-refractivity contribution in [3.63, 3.8) is 0 Å². The average Bonchev–Trinajstić information content (AvgIpc) is 2.76. The van der Waals surface area contributed by atoms with Crippen LogP contribution in [0.2, 0.25) is 0 Å². The average molecular weight is 241 g/mol. The summed E-state index contributed by atoms with van der Waals surface area (Å²) in [4.78, 5) is 0. The monoisotopic (exact) mass is 241 g/mol. The number of nitrogens with one attached hydrogen (secondary N) is 1. The van der Waals surface area contributed by atoms with E-state index in [-0.39, 0.29) is 0 Å². The predicted octanol–water partition coefficient (Wildman–Crippen LogP) is 3.61. The molecule has 1 fully saturated rings. The third kappa shape index (κ3) is 4.59. The van der Waals surface area contributed by atoms with E-state index in [1.54, 1.807) is 0 Å². The molecule has 0 spiro atoms. The first-order valence-electron chi connectivity index (χ1n) is 7.57. The van der Waals surface area contributed by atoms with Crippen molar-refractivity contribution in [3.8, 4) is 0 Å². The van der Waals surface area contributed by atoms with Crippen molar-refractivity contribution in [1.29, 1.82) is 0 Å². The van der Waals surface area contributed by atoms with E-state index in [2.05, 4.69) is 33.0 Å². The highest BCUT2D eigenvalue weighted by atomic mass is 16.5. The molecule has 0 amide bonds. The van der Waals surface area contributed by atoms with Crippen LogP contribution < -0.4 is 5.32 Å². The van der Waals surface area contributed by atoms with Crippen molar-refractivity contribution < 1.29 is 4.74 Å². The first kappa shape index (κ1) is 15.0. The number of hydrogen-bond acceptors (Lipinski definition) is 2. The van der Waals surface area contributed by atoms with E-state index in [4.69, 9.17) is 4.74 Å². The van der Waals surface area contributed by atoms with Crippen LogP contribution >= 0.6 is 0 Å². The Labute approximate surface area is 108 Å². The van der Waals surface area contributed by atoms with Gasteiger partial charge in [0.15, 0.2) is 0 Å². The Hall–Kier alpha value is -0.0800. The summed E-state index contributed by atoms with van der Waals surface area (Å²) in [7, 11) is 0. The van der Waals surface area contributed by atoms with E-state index in [1.165, 1.54) is 32.1 Å². The highest BCUT2D eigenvalue weighted by Crippen LogP contribution is 2.29. The van der Waals surface area contributed by atoms with E-state index >= 15 is 0 Å². The minimum absolute atomic E-state index is 0.443. The van der Waals surface area contributed by atoms with Gasteiger partial charge in [0.25, 0.3) is 0 Å². The van der Waals surface area contributed by atoms with Gasteiger partial charge in [0.1, 0.15) is 0 Å². The lowest BCUT2D eigenvalue weighted by Gasteiger charge is -2.30. The molecule has 0 radical (unpaired) electrons. The van der Waals surface area contributed by atoms with Crippen LogP contribution in [0.5, 0.6) is 0 Å². The topological polar surface area (TPSA) is 21.3 Å². The molecule has 2 nitrogen and oxygen atoms in total. The van der Waals surface area contributed by atoms with E-state index in [0.29, 0.717) is 12.1 Å². The van der Waals surface area contributed by atoms with Crippen molar-refractivity contribution in [2.75, 3.05) is 13.2 Å². The molecule has 3 atom stereocenters. The van der Waals surface area contributed by atoms with Gasteiger partial charge in [0.2, 0.25) is 0 Å². The van der Waals surface area contributed by atoms with Crippen molar-refractivity contribution in [3.05, 3.63) is 0 Å². The summed E-state index contributed by atoms with van der Waals surface area (Å²) in [6.45, 7) is 11.2. The van der Waals surface area contributed by atoms with Crippen LogP contribution in [-0.4, -0.2) is 25.3 Å². The molecule has 2 heteroatoms. The summed E-state index contributed by atoms with van der Waals surface area (Å²) < 4.78 is 5.74. The lowest BCUT2D eigenvalue weighted by atomic mass is 9.84. The first-order chi connectivity index (χ1) is 8.22. The summed E-state index contributed by atoms with van der Waals surface area (Å²) in [6.07, 6.45) is 6.85. The Balaban J connectivity index is 2.52. The number of ether oxygens (including phenoxy) is 1. The lowest BCUT2D eigenvalue weighted by Crippen LogP contribution is -2.41. The van der Waals surface area contributed by atoms with Gasteiger partial charge < -0.3 is 10.1 Å². The van der Waals surface area contributed by atoms with E-state index in [1.807, 2.05) is 0 Å². The molecule has 1 saturated heterocycles. The Kier molecular flexibility index (Phi) is 7.14. The van der Waals surface area contributed by atoms with Crippen molar-refractivity contribution in [2.45, 2.75) is 71.9 Å². The van der Waals surface area contributed by atoms with Gasteiger partial charge in [-0.15, -0.1) is 0 Å². The van der Waals surface area contributed by atoms with Gasteiger partial charge in [0.05, 0.1) is 6.10 Å². The molecule has 102 valence electrons. The van der Waals surface area contributed by atoms with Crippen LogP contribution in [0, 0.1) is 11.8 Å². The second-order valence-electron chi connectivity index (χ2n) is 5.51. The molecule has 0 aromatic carbocycles. The minimum Gasteiger partial charge on any atom is -0.378 e. The highest BCUT2D eigenvalue weighted by Gasteiger charge is 2.32. The zero-order valence-corrected chi connectivity index (χ0v) is 12.2. The van der Waals surface area contributed by atoms with Gasteiger partial charge in [0, 0.05) is 18.6 Å². The SMILES string of the molecule is CCCNC(CC(CC)CC)C1CCOC1C. The molecule has 0 bridgehead atoms. The Morgan fingerprint density at radius 3 is 2.41 bits per heavy atom. The maximum atomic E-state index is 5.74. The van der Waals surface area contributed by atoms with Gasteiger partial charge >= 0.3 is 0 Å². The van der Waals surface area contributed by atoms with E-state index in [0.717, 1.165) is 25.0 Å². The standard InChI is InChI=1S/C15H31NO/c1-5-9-16-15(11-13(6-2)7-3)14-8-10-17-12(14)4/h12-16H,5-11H2,1-4H3. The molecular formula is C15H31NO. The van der Waals surface area contributed by atoms with Crippen molar-refractivity contribution in [1.82, 2.24) is 5.32 Å². The van der Waals surface area contributed by atoms with Gasteiger partial charge in [-0.25, -0.2) is 0 Å². The summed E-state index contributed by atoms with van der Waals surface area (Å²) in [5.74, 6) is 1.60. The van der Waals surface area contributed by atoms with Gasteiger partial charge in [-0.3, -0.25) is 0 Å². The third-order valence-electron chi connectivity index (χ3n) is 4.35. The molecule has 0 saturated carbocycles. The summed E-state index contributed by atoms with van der Waals surface area (Å²) in [6, 6.07) is 0.664. The largest absolute Gasteiger partial charge is 0.378 e. The van der Waals surface area contributed by atoms with Crippen LogP contribution in [0.15, 0.2) is 0 Å². The number of rotatable bonds is 8. The third-order valence-corrected chi connectivity index (χ3v) is 4.35. The van der Waals surface area contributed by atoms with Crippen LogP contribution in [0.4, 0.5) is 0 Å². The fraction of sp³-hybridized carbons (Fsp3) is 1.00. The number of hydrogen-bond donors (Lipinski definition) is 1. The molecule has 1 aliphatic heterocycles. The second-order valence-corrected chi connectivity index (χ2v) is 5.51. The van der Waals surface area contributed by atoms with Crippen LogP contribution in [-0.2, 0) is 4.74 Å². The molecule has 1 aliphatic rings. The highest BCUT2D eigenvalue weighted by molar-refractivity contribution is 4.85. The smallest absolute Gasteiger partial charge is 0.0590 e. The van der Waals surface area contributed by atoms with Gasteiger partial charge in [-0.1, -0.05) is 33.6 Å². The first-order valence-corrected chi connectivity index (χ1v) is 7.57. The predicted molar refractivity (Wildman–Crippen MR) is 74.3 cm³/mol. The molecule has 0 aliphatic carbocycles. The molecule has 3 unspecified atom stereocenters. The minimum atomic E-state index is 0.443. The zero-order valence-electron chi connectivity index (χ0n) is 12.2. The van der Waals surface area contributed by atoms with E-state index in [9.17, 15) is 0 Å². The van der Waals surface area contributed by atoms with Crippen molar-refractivity contribution >= 4 is 0 Å². The maximum Gasteiger partial charge on any atom is 0.0590 e. The second kappa shape index (κ2) is 8.10. The normalized spacial score (nSPS) is 26.6. The molecule has 1 rings (SSSR count). The lowest BCUT2D eigenvalue weighted by molar-refractivity contribution is 0.0915. The van der Waals surface area contributed by atoms with Gasteiger partial charge in [-0.2, -0.15) is 0 Å². The maximum absolute atomic E-state index is 5.74. The molecular weight excluding hydrogens is 210 g/mol. The van der Waals surface area contributed by atoms with Gasteiger partial charge in [-0.05, 0) is 38.6 Å². The molecule has 1 heterocycles. The Bertz CT molecular complexity index is 191. The Morgan fingerprint density at radius 1 is 1.24 bits per heavy atom. The van der Waals surface area contributed by atoms with Crippen molar-refractivity contribution in [2.24, 2.45) is 11.8 Å². The van der Waals surface area contributed by atoms with Crippen LogP contribution in [0.1, 0.15) is 59.8 Å². The van der Waals surface area contributed by atoms with Crippen LogP contribution in [0.25, 0.3) is 0 Å². The molecule has 17 heavy (non-hydrogen) atoms. The summed E-state index contributed by atoms with van der Waals surface area (Å²) in [5, 5.41) is 3.76. The molecule has 0 aromatic rings. The summed E-state index contributed by atoms with van der Waals surface area (Å²) >= 11 is 0. The fourth-order valence-electron chi connectivity index (χ4n) is 3.00. The summed E-state index contributed by atoms with van der Waals surface area (Å²) in [5.41, 5.74) is 0. The quantitative estimate of drug-likeness (QED) is 0.701. The van der Waals surface area contributed by atoms with Crippen LogP contribution in [0.3, 0.4) is 0 Å². The molecule has 0 aromatic heterocycles. The van der Waals surface area contributed by atoms with E-state index < -0.39 is 0 Å².